The maximum atomic E-state index is 12.3. The molecule has 2 amide bonds. The third-order valence-electron chi connectivity index (χ3n) is 3.43. The van der Waals surface area contributed by atoms with Gasteiger partial charge >= 0.3 is 6.09 Å². The smallest absolute Gasteiger partial charge is 0.409 e. The molecule has 21 heavy (non-hydrogen) atoms. The summed E-state index contributed by atoms with van der Waals surface area (Å²) in [4.78, 5) is 25.6. The van der Waals surface area contributed by atoms with Crippen LogP contribution < -0.4 is 5.32 Å². The highest BCUT2D eigenvalue weighted by molar-refractivity contribution is 6.30. The molecule has 0 radical (unpaired) electrons. The normalized spacial score (nSPS) is 18.2. The molecule has 1 heterocycles. The van der Waals surface area contributed by atoms with E-state index >= 15 is 0 Å². The van der Waals surface area contributed by atoms with Gasteiger partial charge in [-0.1, -0.05) is 11.6 Å². The summed E-state index contributed by atoms with van der Waals surface area (Å²) in [7, 11) is 0. The summed E-state index contributed by atoms with van der Waals surface area (Å²) in [6.07, 6.45) is 1.23. The van der Waals surface area contributed by atoms with E-state index in [-0.39, 0.29) is 17.9 Å². The van der Waals surface area contributed by atoms with Crippen LogP contribution in [0.15, 0.2) is 24.3 Å². The minimum atomic E-state index is -0.346. The van der Waals surface area contributed by atoms with Crippen molar-refractivity contribution >= 4 is 29.3 Å². The molecule has 0 aromatic heterocycles. The predicted octanol–water partition coefficient (Wildman–Crippen LogP) is 3.15. The Kier molecular flexibility index (Phi) is 5.44. The second kappa shape index (κ2) is 7.31. The van der Waals surface area contributed by atoms with Gasteiger partial charge in [0.05, 0.1) is 12.5 Å². The van der Waals surface area contributed by atoms with Crippen molar-refractivity contribution < 1.29 is 14.3 Å². The van der Waals surface area contributed by atoms with Gasteiger partial charge in [0, 0.05) is 23.8 Å². The number of nitrogens with one attached hydrogen (secondary N) is 1. The van der Waals surface area contributed by atoms with Crippen LogP contribution in [0.2, 0.25) is 5.02 Å². The standard InChI is InChI=1S/C15H19ClN2O3/c1-2-21-15(20)18-9-3-4-11(10-18)14(19)17-13-7-5-12(16)6-8-13/h5-8,11H,2-4,9-10H2,1H3,(H,17,19). The van der Waals surface area contributed by atoms with E-state index in [1.165, 1.54) is 0 Å². The number of carbonyl (C=O) groups excluding carboxylic acids is 2. The van der Waals surface area contributed by atoms with Gasteiger partial charge in [0.25, 0.3) is 0 Å². The number of ether oxygens (including phenoxy) is 1. The van der Waals surface area contributed by atoms with Gasteiger partial charge in [0.1, 0.15) is 0 Å². The molecular weight excluding hydrogens is 292 g/mol. The van der Waals surface area contributed by atoms with Crippen LogP contribution in [0.25, 0.3) is 0 Å². The Morgan fingerprint density at radius 3 is 2.76 bits per heavy atom. The molecule has 1 aromatic carbocycles. The minimum absolute atomic E-state index is 0.0775. The number of hydrogen-bond donors (Lipinski definition) is 1. The molecule has 1 aliphatic rings. The van der Waals surface area contributed by atoms with Gasteiger partial charge in [-0.2, -0.15) is 0 Å². The monoisotopic (exact) mass is 310 g/mol. The third kappa shape index (κ3) is 4.36. The van der Waals surface area contributed by atoms with Crippen molar-refractivity contribution in [3.63, 3.8) is 0 Å². The molecule has 6 heteroatoms. The van der Waals surface area contributed by atoms with E-state index < -0.39 is 0 Å². The first-order chi connectivity index (χ1) is 10.1. The molecule has 0 bridgehead atoms. The Hall–Kier alpha value is -1.75. The minimum Gasteiger partial charge on any atom is -0.450 e. The molecule has 1 unspecified atom stereocenters. The third-order valence-corrected chi connectivity index (χ3v) is 3.68. The molecule has 0 aliphatic carbocycles. The topological polar surface area (TPSA) is 58.6 Å². The fraction of sp³-hybridized carbons (Fsp3) is 0.467. The summed E-state index contributed by atoms with van der Waals surface area (Å²) in [6, 6.07) is 6.96. The summed E-state index contributed by atoms with van der Waals surface area (Å²) < 4.78 is 4.98. The van der Waals surface area contributed by atoms with Gasteiger partial charge in [-0.15, -0.1) is 0 Å². The lowest BCUT2D eigenvalue weighted by atomic mass is 9.97. The highest BCUT2D eigenvalue weighted by Gasteiger charge is 2.29. The molecule has 1 fully saturated rings. The molecule has 1 aliphatic heterocycles. The highest BCUT2D eigenvalue weighted by Crippen LogP contribution is 2.20. The largest absolute Gasteiger partial charge is 0.450 e. The van der Waals surface area contributed by atoms with Crippen LogP contribution in [0.1, 0.15) is 19.8 Å². The van der Waals surface area contributed by atoms with Crippen LogP contribution >= 0.6 is 11.6 Å². The lowest BCUT2D eigenvalue weighted by Gasteiger charge is -2.31. The van der Waals surface area contributed by atoms with Gasteiger partial charge in [0.15, 0.2) is 0 Å². The number of rotatable bonds is 3. The quantitative estimate of drug-likeness (QED) is 0.933. The first-order valence-electron chi connectivity index (χ1n) is 7.08. The number of hydrogen-bond acceptors (Lipinski definition) is 3. The fourth-order valence-electron chi connectivity index (χ4n) is 2.35. The second-order valence-corrected chi connectivity index (χ2v) is 5.42. The Morgan fingerprint density at radius 1 is 1.38 bits per heavy atom. The summed E-state index contributed by atoms with van der Waals surface area (Å²) in [5.41, 5.74) is 0.706. The van der Waals surface area contributed by atoms with Crippen molar-refractivity contribution in [1.82, 2.24) is 4.90 Å². The molecule has 5 nitrogen and oxygen atoms in total. The molecule has 1 aromatic rings. The van der Waals surface area contributed by atoms with E-state index in [2.05, 4.69) is 5.32 Å². The highest BCUT2D eigenvalue weighted by atomic mass is 35.5. The van der Waals surface area contributed by atoms with Crippen molar-refractivity contribution in [2.45, 2.75) is 19.8 Å². The lowest BCUT2D eigenvalue weighted by molar-refractivity contribution is -0.121. The number of nitrogens with zero attached hydrogens (tertiary/aromatic N) is 1. The van der Waals surface area contributed by atoms with Crippen LogP contribution in [0.5, 0.6) is 0 Å². The van der Waals surface area contributed by atoms with Gasteiger partial charge in [-0.05, 0) is 44.0 Å². The maximum absolute atomic E-state index is 12.3. The van der Waals surface area contributed by atoms with Crippen LogP contribution in [-0.2, 0) is 9.53 Å². The first-order valence-corrected chi connectivity index (χ1v) is 7.46. The van der Waals surface area contributed by atoms with Crippen LogP contribution in [0.4, 0.5) is 10.5 Å². The van der Waals surface area contributed by atoms with Gasteiger partial charge in [-0.3, -0.25) is 4.79 Å². The van der Waals surface area contributed by atoms with Crippen LogP contribution in [0, 0.1) is 5.92 Å². The SMILES string of the molecule is CCOC(=O)N1CCCC(C(=O)Nc2ccc(Cl)cc2)C1. The number of likely N-dealkylation sites (tertiary alicyclic amines) is 1. The number of carbonyl (C=O) groups is 2. The van der Waals surface area contributed by atoms with E-state index in [0.29, 0.717) is 30.4 Å². The molecule has 1 N–H and O–H groups in total. The Balaban J connectivity index is 1.92. The summed E-state index contributed by atoms with van der Waals surface area (Å²) in [5, 5.41) is 3.48. The number of anilines is 1. The van der Waals surface area contributed by atoms with Gasteiger partial charge in [-0.25, -0.2) is 4.79 Å². The molecule has 1 atom stereocenters. The zero-order valence-corrected chi connectivity index (χ0v) is 12.7. The molecular formula is C15H19ClN2O3. The van der Waals surface area contributed by atoms with Crippen molar-refractivity contribution in [2.24, 2.45) is 5.92 Å². The average molecular weight is 311 g/mol. The molecule has 2 rings (SSSR count). The van der Waals surface area contributed by atoms with Crippen molar-refractivity contribution in [3.05, 3.63) is 29.3 Å². The molecule has 114 valence electrons. The van der Waals surface area contributed by atoms with Gasteiger partial charge in [0.2, 0.25) is 5.91 Å². The average Bonchev–Trinajstić information content (AvgIpc) is 2.50. The molecule has 0 spiro atoms. The lowest BCUT2D eigenvalue weighted by Crippen LogP contribution is -2.44. The maximum Gasteiger partial charge on any atom is 0.409 e. The zero-order valence-electron chi connectivity index (χ0n) is 12.0. The summed E-state index contributed by atoms with van der Waals surface area (Å²) >= 11 is 5.81. The first kappa shape index (κ1) is 15.6. The fourth-order valence-corrected chi connectivity index (χ4v) is 2.48. The number of halogens is 1. The number of piperidine rings is 1. The van der Waals surface area contributed by atoms with E-state index in [1.54, 1.807) is 36.1 Å². The Bertz CT molecular complexity index is 504. The summed E-state index contributed by atoms with van der Waals surface area (Å²) in [5.74, 6) is -0.287. The van der Waals surface area contributed by atoms with Crippen molar-refractivity contribution in [3.8, 4) is 0 Å². The van der Waals surface area contributed by atoms with E-state index in [9.17, 15) is 9.59 Å². The molecule has 1 saturated heterocycles. The number of amides is 2. The van der Waals surface area contributed by atoms with Gasteiger partial charge < -0.3 is 15.0 Å². The van der Waals surface area contributed by atoms with E-state index in [1.807, 2.05) is 0 Å². The van der Waals surface area contributed by atoms with Crippen LogP contribution in [0.3, 0.4) is 0 Å². The Labute approximate surface area is 129 Å². The van der Waals surface area contributed by atoms with Crippen LogP contribution in [-0.4, -0.2) is 36.6 Å². The van der Waals surface area contributed by atoms with E-state index in [0.717, 1.165) is 12.8 Å². The van der Waals surface area contributed by atoms with Crippen molar-refractivity contribution in [2.75, 3.05) is 25.0 Å². The Morgan fingerprint density at radius 2 is 2.10 bits per heavy atom. The van der Waals surface area contributed by atoms with Crippen molar-refractivity contribution in [1.29, 1.82) is 0 Å². The predicted molar refractivity (Wildman–Crippen MR) is 81.4 cm³/mol. The second-order valence-electron chi connectivity index (χ2n) is 4.98. The molecule has 0 saturated carbocycles. The zero-order chi connectivity index (χ0) is 15.2. The van der Waals surface area contributed by atoms with E-state index in [4.69, 9.17) is 16.3 Å². The summed E-state index contributed by atoms with van der Waals surface area (Å²) in [6.45, 7) is 3.16. The number of benzene rings is 1.